The molecule has 1 fully saturated rings. The van der Waals surface area contributed by atoms with Crippen molar-refractivity contribution in [3.8, 4) is 0 Å². The Kier molecular flexibility index (Phi) is 4.37. The summed E-state index contributed by atoms with van der Waals surface area (Å²) in [7, 11) is 2.04. The minimum absolute atomic E-state index is 0.904. The molecule has 3 heteroatoms. The van der Waals surface area contributed by atoms with Crippen LogP contribution in [0, 0.1) is 12.8 Å². The lowest BCUT2D eigenvalue weighted by Crippen LogP contribution is -2.34. The van der Waals surface area contributed by atoms with Crippen molar-refractivity contribution in [1.82, 2.24) is 10.3 Å². The van der Waals surface area contributed by atoms with Gasteiger partial charge in [-0.1, -0.05) is 0 Å². The second-order valence-corrected chi connectivity index (χ2v) is 4.98. The van der Waals surface area contributed by atoms with E-state index in [9.17, 15) is 0 Å². The molecule has 0 saturated carbocycles. The minimum Gasteiger partial charge on any atom is -0.371 e. The van der Waals surface area contributed by atoms with Gasteiger partial charge in [0.1, 0.15) is 0 Å². The summed E-state index contributed by atoms with van der Waals surface area (Å²) in [6.07, 6.45) is 5.88. The molecule has 1 N–H and O–H groups in total. The van der Waals surface area contributed by atoms with Crippen LogP contribution in [0.25, 0.3) is 0 Å². The van der Waals surface area contributed by atoms with Crippen LogP contribution >= 0.6 is 0 Å². The average Bonchev–Trinajstić information content (AvgIpc) is 2.37. The number of pyridine rings is 1. The monoisotopic (exact) mass is 233 g/mol. The Morgan fingerprint density at radius 1 is 1.41 bits per heavy atom. The topological polar surface area (TPSA) is 28.2 Å². The summed E-state index contributed by atoms with van der Waals surface area (Å²) in [5.41, 5.74) is 2.45. The number of nitrogens with zero attached hydrogens (tertiary/aromatic N) is 2. The highest BCUT2D eigenvalue weighted by molar-refractivity contribution is 5.46. The van der Waals surface area contributed by atoms with Gasteiger partial charge in [0.05, 0.1) is 0 Å². The summed E-state index contributed by atoms with van der Waals surface area (Å²) in [4.78, 5) is 6.75. The second-order valence-electron chi connectivity index (χ2n) is 4.98. The van der Waals surface area contributed by atoms with Gasteiger partial charge in [-0.05, 0) is 57.8 Å². The van der Waals surface area contributed by atoms with E-state index in [1.54, 1.807) is 0 Å². The van der Waals surface area contributed by atoms with Crippen LogP contribution < -0.4 is 10.2 Å². The van der Waals surface area contributed by atoms with Crippen molar-refractivity contribution in [3.05, 3.63) is 24.0 Å². The fourth-order valence-electron chi connectivity index (χ4n) is 2.56. The summed E-state index contributed by atoms with van der Waals surface area (Å²) in [6, 6.07) is 4.31. The van der Waals surface area contributed by atoms with Gasteiger partial charge < -0.3 is 10.2 Å². The third kappa shape index (κ3) is 3.43. The first-order valence-corrected chi connectivity index (χ1v) is 6.62. The molecule has 0 unspecified atom stereocenters. The van der Waals surface area contributed by atoms with Crippen molar-refractivity contribution >= 4 is 5.69 Å². The predicted molar refractivity (Wildman–Crippen MR) is 72.5 cm³/mol. The summed E-state index contributed by atoms with van der Waals surface area (Å²) in [5.74, 6) is 0.904. The number of anilines is 1. The van der Waals surface area contributed by atoms with Crippen molar-refractivity contribution in [3.63, 3.8) is 0 Å². The molecule has 0 aromatic carbocycles. The molecule has 0 aliphatic carbocycles. The largest absolute Gasteiger partial charge is 0.371 e. The molecule has 2 heterocycles. The number of rotatable bonds is 4. The summed E-state index contributed by atoms with van der Waals surface area (Å²) in [6.45, 7) is 5.60. The van der Waals surface area contributed by atoms with Crippen molar-refractivity contribution in [2.24, 2.45) is 5.92 Å². The Hall–Kier alpha value is -1.09. The van der Waals surface area contributed by atoms with Gasteiger partial charge in [-0.15, -0.1) is 0 Å². The first kappa shape index (κ1) is 12.4. The van der Waals surface area contributed by atoms with E-state index >= 15 is 0 Å². The molecular weight excluding hydrogens is 210 g/mol. The van der Waals surface area contributed by atoms with E-state index in [4.69, 9.17) is 0 Å². The maximum Gasteiger partial charge on any atom is 0.0399 e. The zero-order chi connectivity index (χ0) is 12.1. The molecule has 0 atom stereocenters. The Balaban J connectivity index is 1.86. The molecule has 1 aliphatic heterocycles. The van der Waals surface area contributed by atoms with Crippen LogP contribution in [0.15, 0.2) is 18.3 Å². The van der Waals surface area contributed by atoms with E-state index < -0.39 is 0 Å². The van der Waals surface area contributed by atoms with E-state index in [1.165, 1.54) is 38.0 Å². The number of hydrogen-bond donors (Lipinski definition) is 1. The minimum atomic E-state index is 0.904. The van der Waals surface area contributed by atoms with Crippen LogP contribution in [-0.2, 0) is 0 Å². The highest BCUT2D eigenvalue weighted by Gasteiger charge is 2.18. The van der Waals surface area contributed by atoms with E-state index in [-0.39, 0.29) is 0 Å². The van der Waals surface area contributed by atoms with Gasteiger partial charge in [-0.2, -0.15) is 0 Å². The van der Waals surface area contributed by atoms with Crippen LogP contribution in [0.1, 0.15) is 25.0 Å². The number of hydrogen-bond acceptors (Lipinski definition) is 3. The molecule has 94 valence electrons. The number of aromatic nitrogens is 1. The molecule has 1 aliphatic rings. The fourth-order valence-corrected chi connectivity index (χ4v) is 2.56. The van der Waals surface area contributed by atoms with E-state index in [2.05, 4.69) is 34.3 Å². The summed E-state index contributed by atoms with van der Waals surface area (Å²) >= 11 is 0. The van der Waals surface area contributed by atoms with Crippen molar-refractivity contribution in [2.75, 3.05) is 31.6 Å². The average molecular weight is 233 g/mol. The third-order valence-corrected chi connectivity index (χ3v) is 3.66. The molecule has 3 nitrogen and oxygen atoms in total. The van der Waals surface area contributed by atoms with Gasteiger partial charge in [0.15, 0.2) is 0 Å². The molecule has 0 radical (unpaired) electrons. The lowest BCUT2D eigenvalue weighted by molar-refractivity contribution is 0.378. The smallest absolute Gasteiger partial charge is 0.0399 e. The molecule has 1 aromatic rings. The maximum atomic E-state index is 4.26. The van der Waals surface area contributed by atoms with Crippen LogP contribution in [0.5, 0.6) is 0 Å². The second kappa shape index (κ2) is 6.01. The lowest BCUT2D eigenvalue weighted by atomic mass is 9.93. The van der Waals surface area contributed by atoms with Crippen molar-refractivity contribution in [1.29, 1.82) is 0 Å². The van der Waals surface area contributed by atoms with Crippen molar-refractivity contribution < 1.29 is 0 Å². The highest BCUT2D eigenvalue weighted by Crippen LogP contribution is 2.24. The normalized spacial score (nSPS) is 17.4. The molecule has 0 bridgehead atoms. The number of nitrogens with one attached hydrogen (secondary N) is 1. The van der Waals surface area contributed by atoms with Crippen LogP contribution in [-0.4, -0.2) is 31.7 Å². The predicted octanol–water partition coefficient (Wildman–Crippen LogP) is 2.22. The quantitative estimate of drug-likeness (QED) is 0.864. The molecule has 1 aromatic heterocycles. The van der Waals surface area contributed by atoms with Crippen LogP contribution in [0.4, 0.5) is 5.69 Å². The van der Waals surface area contributed by atoms with Gasteiger partial charge in [0.25, 0.3) is 0 Å². The van der Waals surface area contributed by atoms with Gasteiger partial charge >= 0.3 is 0 Å². The fraction of sp³-hybridized carbons (Fsp3) is 0.643. The zero-order valence-electron chi connectivity index (χ0n) is 10.9. The number of piperidine rings is 1. The summed E-state index contributed by atoms with van der Waals surface area (Å²) in [5, 5.41) is 3.24. The van der Waals surface area contributed by atoms with Gasteiger partial charge in [0.2, 0.25) is 0 Å². The number of aryl methyl sites for hydroxylation is 1. The van der Waals surface area contributed by atoms with Gasteiger partial charge in [-0.25, -0.2) is 0 Å². The Labute approximate surface area is 104 Å². The van der Waals surface area contributed by atoms with Crippen LogP contribution in [0.3, 0.4) is 0 Å². The molecule has 0 amide bonds. The Morgan fingerprint density at radius 3 is 2.82 bits per heavy atom. The van der Waals surface area contributed by atoms with Crippen molar-refractivity contribution in [2.45, 2.75) is 26.2 Å². The van der Waals surface area contributed by atoms with E-state index in [0.29, 0.717) is 0 Å². The standard InChI is InChI=1S/C14H23N3/c1-12-11-14(4-8-16-12)17-9-5-13(6-10-17)3-7-15-2/h4,8,11,13,15H,3,5-7,9-10H2,1-2H3. The zero-order valence-corrected chi connectivity index (χ0v) is 10.9. The first-order valence-electron chi connectivity index (χ1n) is 6.62. The lowest BCUT2D eigenvalue weighted by Gasteiger charge is -2.33. The molecule has 2 rings (SSSR count). The Morgan fingerprint density at radius 2 is 2.18 bits per heavy atom. The third-order valence-electron chi connectivity index (χ3n) is 3.66. The van der Waals surface area contributed by atoms with E-state index in [0.717, 1.165) is 18.2 Å². The highest BCUT2D eigenvalue weighted by atomic mass is 15.1. The van der Waals surface area contributed by atoms with E-state index in [1.807, 2.05) is 13.2 Å². The summed E-state index contributed by atoms with van der Waals surface area (Å²) < 4.78 is 0. The SMILES string of the molecule is CNCCC1CCN(c2ccnc(C)c2)CC1. The van der Waals surface area contributed by atoms with Gasteiger partial charge in [0, 0.05) is 30.7 Å². The van der Waals surface area contributed by atoms with Gasteiger partial charge in [-0.3, -0.25) is 4.98 Å². The maximum absolute atomic E-state index is 4.26. The molecule has 0 spiro atoms. The molecule has 17 heavy (non-hydrogen) atoms. The Bertz CT molecular complexity index is 343. The molecule has 1 saturated heterocycles. The molecular formula is C14H23N3. The van der Waals surface area contributed by atoms with Crippen LogP contribution in [0.2, 0.25) is 0 Å². The first-order chi connectivity index (χ1) is 8.29.